The average Bonchev–Trinajstić information content (AvgIpc) is 2.77. The second-order valence-corrected chi connectivity index (χ2v) is 6.75. The fraction of sp³-hybridized carbons (Fsp3) is 0.304. The van der Waals surface area contributed by atoms with Gasteiger partial charge >= 0.3 is 0 Å². The van der Waals surface area contributed by atoms with Gasteiger partial charge < -0.3 is 10.1 Å². The lowest BCUT2D eigenvalue weighted by atomic mass is 9.84. The van der Waals surface area contributed by atoms with E-state index in [9.17, 15) is 4.39 Å². The molecular weight excluding hydrogens is 367 g/mol. The molecule has 1 aliphatic carbocycles. The Bertz CT molecular complexity index is 950. The molecule has 2 aromatic rings. The molecule has 1 N–H and O–H groups in total. The fourth-order valence-corrected chi connectivity index (χ4v) is 3.46. The third-order valence-corrected chi connectivity index (χ3v) is 4.93. The van der Waals surface area contributed by atoms with Crippen LogP contribution in [0.15, 0.2) is 71.2 Å². The number of nitrogens with one attached hydrogen (secondary N) is 1. The van der Waals surface area contributed by atoms with Crippen LogP contribution in [0.5, 0.6) is 0 Å². The molecule has 0 bridgehead atoms. The van der Waals surface area contributed by atoms with Gasteiger partial charge in [0.2, 0.25) is 0 Å². The minimum Gasteiger partial charge on any atom is -0.501 e. The molecule has 3 rings (SSSR count). The van der Waals surface area contributed by atoms with Crippen molar-refractivity contribution in [3.63, 3.8) is 0 Å². The summed E-state index contributed by atoms with van der Waals surface area (Å²) in [6.07, 6.45) is 9.29. The second kappa shape index (κ2) is 9.87. The molecule has 150 valence electrons. The van der Waals surface area contributed by atoms with Crippen molar-refractivity contribution >= 4 is 11.4 Å². The normalized spacial score (nSPS) is 16.8. The number of methoxy groups -OCH3 is 1. The Kier molecular flexibility index (Phi) is 7.00. The Hall–Kier alpha value is -3.15. The zero-order valence-electron chi connectivity index (χ0n) is 16.7. The maximum atomic E-state index is 14.1. The van der Waals surface area contributed by atoms with Crippen LogP contribution in [0.2, 0.25) is 0 Å². The van der Waals surface area contributed by atoms with Gasteiger partial charge in [0, 0.05) is 36.0 Å². The molecule has 0 radical (unpaired) electrons. The number of ether oxygens (including phenoxy) is 1. The second-order valence-electron chi connectivity index (χ2n) is 6.75. The van der Waals surface area contributed by atoms with Crippen molar-refractivity contribution in [3.8, 4) is 0 Å². The summed E-state index contributed by atoms with van der Waals surface area (Å²) in [5.74, 6) is 1.07. The van der Waals surface area contributed by atoms with E-state index in [4.69, 9.17) is 15.1 Å². The van der Waals surface area contributed by atoms with Crippen molar-refractivity contribution in [2.24, 2.45) is 10.9 Å². The van der Waals surface area contributed by atoms with E-state index < -0.39 is 0 Å². The van der Waals surface area contributed by atoms with Crippen molar-refractivity contribution in [1.82, 2.24) is 9.97 Å². The monoisotopic (exact) mass is 392 g/mol. The molecule has 29 heavy (non-hydrogen) atoms. The molecule has 0 saturated heterocycles. The largest absolute Gasteiger partial charge is 0.501 e. The van der Waals surface area contributed by atoms with Gasteiger partial charge in [0.05, 0.1) is 25.1 Å². The first-order chi connectivity index (χ1) is 14.1. The summed E-state index contributed by atoms with van der Waals surface area (Å²) in [5, 5.41) is 8.47. The number of allylic oxidation sites excluding steroid dienone is 3. The molecule has 1 aromatic heterocycles. The van der Waals surface area contributed by atoms with Gasteiger partial charge in [0.25, 0.3) is 0 Å². The summed E-state index contributed by atoms with van der Waals surface area (Å²) in [6.45, 7) is 2.31. The van der Waals surface area contributed by atoms with Crippen molar-refractivity contribution in [2.75, 3.05) is 7.11 Å². The van der Waals surface area contributed by atoms with Crippen LogP contribution >= 0.6 is 0 Å². The average molecular weight is 392 g/mol. The summed E-state index contributed by atoms with van der Waals surface area (Å²) in [4.78, 5) is 13.1. The van der Waals surface area contributed by atoms with E-state index in [0.717, 1.165) is 29.9 Å². The predicted molar refractivity (Wildman–Crippen MR) is 113 cm³/mol. The van der Waals surface area contributed by atoms with E-state index in [1.54, 1.807) is 43.8 Å². The zero-order valence-corrected chi connectivity index (χ0v) is 16.7. The Morgan fingerprint density at radius 1 is 1.21 bits per heavy atom. The molecule has 0 amide bonds. The van der Waals surface area contributed by atoms with Gasteiger partial charge in [-0.3, -0.25) is 4.99 Å². The van der Waals surface area contributed by atoms with Crippen LogP contribution < -0.4 is 0 Å². The standard InChI is InChI=1S/C23H25FN4O/c1-3-17-18(9-6-11-22(17)29-2)21(14-20(25)23-26-12-7-13-27-23)28-15-16-8-4-5-10-19(16)24/h4-5,7-13,17,25H,3,6,14-15H2,1-2H3. The highest BCUT2D eigenvalue weighted by Crippen LogP contribution is 2.31. The summed E-state index contributed by atoms with van der Waals surface area (Å²) in [5.41, 5.74) is 2.59. The van der Waals surface area contributed by atoms with E-state index in [1.807, 2.05) is 0 Å². The van der Waals surface area contributed by atoms with Gasteiger partial charge in [-0.15, -0.1) is 0 Å². The van der Waals surface area contributed by atoms with Gasteiger partial charge in [-0.2, -0.15) is 0 Å². The molecule has 1 aromatic carbocycles. The van der Waals surface area contributed by atoms with Crippen LogP contribution in [0.4, 0.5) is 4.39 Å². The minimum absolute atomic E-state index is 0.0672. The topological polar surface area (TPSA) is 71.2 Å². The number of aromatic nitrogens is 2. The van der Waals surface area contributed by atoms with Crippen molar-refractivity contribution < 1.29 is 9.13 Å². The lowest BCUT2D eigenvalue weighted by Crippen LogP contribution is -2.22. The molecule has 1 atom stereocenters. The summed E-state index contributed by atoms with van der Waals surface area (Å²) < 4.78 is 19.7. The highest BCUT2D eigenvalue weighted by Gasteiger charge is 2.25. The molecule has 0 fully saturated rings. The van der Waals surface area contributed by atoms with Crippen LogP contribution in [0.1, 0.15) is 37.6 Å². The molecule has 0 aliphatic heterocycles. The van der Waals surface area contributed by atoms with Crippen molar-refractivity contribution in [1.29, 1.82) is 5.41 Å². The Morgan fingerprint density at radius 3 is 2.66 bits per heavy atom. The van der Waals surface area contributed by atoms with Crippen LogP contribution in [-0.2, 0) is 11.3 Å². The molecule has 5 nitrogen and oxygen atoms in total. The van der Waals surface area contributed by atoms with Crippen LogP contribution in [0.3, 0.4) is 0 Å². The molecule has 0 saturated carbocycles. The van der Waals surface area contributed by atoms with Gasteiger partial charge in [-0.25, -0.2) is 14.4 Å². The first-order valence-electron chi connectivity index (χ1n) is 9.70. The lowest BCUT2D eigenvalue weighted by molar-refractivity contribution is 0.249. The summed E-state index contributed by atoms with van der Waals surface area (Å²) >= 11 is 0. The predicted octanol–water partition coefficient (Wildman–Crippen LogP) is 4.90. The van der Waals surface area contributed by atoms with Crippen LogP contribution in [0, 0.1) is 17.1 Å². The van der Waals surface area contributed by atoms with Crippen LogP contribution in [-0.4, -0.2) is 28.5 Å². The third kappa shape index (κ3) is 5.02. The maximum Gasteiger partial charge on any atom is 0.173 e. The quantitative estimate of drug-likeness (QED) is 0.650. The molecule has 1 unspecified atom stereocenters. The van der Waals surface area contributed by atoms with Crippen LogP contribution in [0.25, 0.3) is 0 Å². The van der Waals surface area contributed by atoms with Gasteiger partial charge in [-0.05, 0) is 36.6 Å². The highest BCUT2D eigenvalue weighted by atomic mass is 19.1. The molecule has 0 spiro atoms. The van der Waals surface area contributed by atoms with Gasteiger partial charge in [-0.1, -0.05) is 31.2 Å². The van der Waals surface area contributed by atoms with Crippen molar-refractivity contribution in [3.05, 3.63) is 83.4 Å². The van der Waals surface area contributed by atoms with E-state index >= 15 is 0 Å². The molecule has 1 aliphatic rings. The van der Waals surface area contributed by atoms with E-state index in [0.29, 0.717) is 11.4 Å². The van der Waals surface area contributed by atoms with E-state index in [2.05, 4.69) is 29.0 Å². The number of halogens is 1. The Balaban J connectivity index is 1.93. The maximum absolute atomic E-state index is 14.1. The molecular formula is C23H25FN4O. The number of hydrogen-bond donors (Lipinski definition) is 1. The number of benzene rings is 1. The summed E-state index contributed by atoms with van der Waals surface area (Å²) in [6, 6.07) is 8.35. The number of rotatable bonds is 8. The fourth-order valence-electron chi connectivity index (χ4n) is 3.46. The Morgan fingerprint density at radius 2 is 1.97 bits per heavy atom. The highest BCUT2D eigenvalue weighted by molar-refractivity contribution is 6.15. The van der Waals surface area contributed by atoms with E-state index in [-0.39, 0.29) is 30.4 Å². The zero-order chi connectivity index (χ0) is 20.6. The number of aliphatic imine (C=N–C) groups is 1. The Labute approximate surface area is 170 Å². The first kappa shape index (κ1) is 20.6. The minimum atomic E-state index is -0.279. The third-order valence-electron chi connectivity index (χ3n) is 4.93. The SMILES string of the molecule is CCC1C(OC)=CCC=C1C(CC(=N)c1ncccn1)=NCc1ccccc1F. The van der Waals surface area contributed by atoms with Gasteiger partial charge in [0.15, 0.2) is 5.82 Å². The first-order valence-corrected chi connectivity index (χ1v) is 9.70. The summed E-state index contributed by atoms with van der Waals surface area (Å²) in [7, 11) is 1.67. The smallest absolute Gasteiger partial charge is 0.173 e. The molecule has 6 heteroatoms. The molecule has 1 heterocycles. The number of hydrogen-bond acceptors (Lipinski definition) is 5. The van der Waals surface area contributed by atoms with Crippen molar-refractivity contribution in [2.45, 2.75) is 32.7 Å². The number of nitrogens with zero attached hydrogens (tertiary/aromatic N) is 3. The van der Waals surface area contributed by atoms with Gasteiger partial charge in [0.1, 0.15) is 5.82 Å². The lowest BCUT2D eigenvalue weighted by Gasteiger charge is -2.26. The van der Waals surface area contributed by atoms with E-state index in [1.165, 1.54) is 6.07 Å².